The summed E-state index contributed by atoms with van der Waals surface area (Å²) in [5.74, 6) is -3.38. The average Bonchev–Trinajstić information content (AvgIpc) is 2.31. The molecule has 0 fully saturated rings. The van der Waals surface area contributed by atoms with Crippen LogP contribution >= 0.6 is 0 Å². The van der Waals surface area contributed by atoms with Gasteiger partial charge in [-0.1, -0.05) is 0 Å². The minimum atomic E-state index is -1.41. The number of nitro benzene ring substituents is 1. The van der Waals surface area contributed by atoms with Crippen molar-refractivity contribution in [1.82, 2.24) is 0 Å². The summed E-state index contributed by atoms with van der Waals surface area (Å²) in [6.07, 6.45) is 0. The first-order valence-corrected chi connectivity index (χ1v) is 4.99. The third kappa shape index (κ3) is 3.12. The smallest absolute Gasteiger partial charge is 0.325 e. The van der Waals surface area contributed by atoms with Gasteiger partial charge in [-0.05, 0) is 13.0 Å². The number of nitro groups is 1. The summed E-state index contributed by atoms with van der Waals surface area (Å²) in [5.41, 5.74) is -1.33. The van der Waals surface area contributed by atoms with Crippen molar-refractivity contribution in [3.63, 3.8) is 0 Å². The SMILES string of the molecule is CCOC(=O)CNc1c([N+](=O)[O-])ccc(F)c1F. The van der Waals surface area contributed by atoms with Crippen LogP contribution < -0.4 is 5.32 Å². The van der Waals surface area contributed by atoms with E-state index in [1.807, 2.05) is 0 Å². The number of anilines is 1. The zero-order valence-corrected chi connectivity index (χ0v) is 9.41. The van der Waals surface area contributed by atoms with E-state index in [4.69, 9.17) is 0 Å². The van der Waals surface area contributed by atoms with Gasteiger partial charge in [0.05, 0.1) is 11.5 Å². The fourth-order valence-electron chi connectivity index (χ4n) is 1.23. The second-order valence-electron chi connectivity index (χ2n) is 3.17. The van der Waals surface area contributed by atoms with Crippen LogP contribution in [0.4, 0.5) is 20.2 Å². The van der Waals surface area contributed by atoms with Crippen LogP contribution in [0.5, 0.6) is 0 Å². The molecule has 0 aliphatic carbocycles. The fourth-order valence-corrected chi connectivity index (χ4v) is 1.23. The quantitative estimate of drug-likeness (QED) is 0.496. The molecule has 0 saturated carbocycles. The Balaban J connectivity index is 2.95. The van der Waals surface area contributed by atoms with Gasteiger partial charge in [-0.2, -0.15) is 0 Å². The molecule has 0 bridgehead atoms. The number of benzene rings is 1. The second-order valence-corrected chi connectivity index (χ2v) is 3.17. The number of ether oxygens (including phenoxy) is 1. The molecule has 0 unspecified atom stereocenters. The highest BCUT2D eigenvalue weighted by Gasteiger charge is 2.22. The standard InChI is InChI=1S/C10H10F2N2O4/c1-2-18-8(15)5-13-10-7(14(16)17)4-3-6(11)9(10)12/h3-4,13H,2,5H2,1H3. The summed E-state index contributed by atoms with van der Waals surface area (Å²) in [6, 6.07) is 1.45. The van der Waals surface area contributed by atoms with E-state index < -0.39 is 40.4 Å². The molecule has 0 aromatic heterocycles. The van der Waals surface area contributed by atoms with Gasteiger partial charge in [-0.15, -0.1) is 0 Å². The minimum Gasteiger partial charge on any atom is -0.465 e. The number of esters is 1. The van der Waals surface area contributed by atoms with E-state index in [1.165, 1.54) is 0 Å². The highest BCUT2D eigenvalue weighted by molar-refractivity contribution is 5.76. The number of halogens is 2. The Labute approximate surface area is 101 Å². The van der Waals surface area contributed by atoms with Gasteiger partial charge in [0, 0.05) is 6.07 Å². The molecule has 0 amide bonds. The lowest BCUT2D eigenvalue weighted by molar-refractivity contribution is -0.384. The minimum absolute atomic E-state index is 0.119. The van der Waals surface area contributed by atoms with E-state index in [9.17, 15) is 23.7 Å². The molecule has 0 spiro atoms. The molecule has 0 aliphatic rings. The largest absolute Gasteiger partial charge is 0.465 e. The van der Waals surface area contributed by atoms with Crippen LogP contribution in [0.2, 0.25) is 0 Å². The normalized spacial score (nSPS) is 9.94. The molecule has 1 N–H and O–H groups in total. The number of carbonyl (C=O) groups is 1. The first-order chi connectivity index (χ1) is 8.47. The first-order valence-electron chi connectivity index (χ1n) is 4.99. The maximum Gasteiger partial charge on any atom is 0.325 e. The van der Waals surface area contributed by atoms with E-state index in [0.29, 0.717) is 6.07 Å². The molecular weight excluding hydrogens is 250 g/mol. The van der Waals surface area contributed by atoms with E-state index in [-0.39, 0.29) is 6.61 Å². The zero-order chi connectivity index (χ0) is 13.7. The van der Waals surface area contributed by atoms with Crippen molar-refractivity contribution in [1.29, 1.82) is 0 Å². The van der Waals surface area contributed by atoms with Gasteiger partial charge < -0.3 is 10.1 Å². The van der Waals surface area contributed by atoms with Crippen molar-refractivity contribution >= 4 is 17.3 Å². The lowest BCUT2D eigenvalue weighted by Crippen LogP contribution is -2.18. The predicted molar refractivity (Wildman–Crippen MR) is 58.1 cm³/mol. The highest BCUT2D eigenvalue weighted by atomic mass is 19.2. The van der Waals surface area contributed by atoms with Crippen LogP contribution in [-0.2, 0) is 9.53 Å². The van der Waals surface area contributed by atoms with Crippen molar-refractivity contribution in [2.75, 3.05) is 18.5 Å². The molecule has 8 heteroatoms. The van der Waals surface area contributed by atoms with Gasteiger partial charge in [-0.25, -0.2) is 8.78 Å². The highest BCUT2D eigenvalue weighted by Crippen LogP contribution is 2.28. The Hall–Kier alpha value is -2.25. The molecule has 0 saturated heterocycles. The number of rotatable bonds is 5. The maximum absolute atomic E-state index is 13.4. The Morgan fingerprint density at radius 3 is 2.72 bits per heavy atom. The molecule has 0 radical (unpaired) electrons. The average molecular weight is 260 g/mol. The van der Waals surface area contributed by atoms with Gasteiger partial charge in [0.2, 0.25) is 0 Å². The van der Waals surface area contributed by atoms with Crippen LogP contribution in [-0.4, -0.2) is 24.0 Å². The van der Waals surface area contributed by atoms with E-state index >= 15 is 0 Å². The first kappa shape index (κ1) is 13.8. The number of hydrogen-bond donors (Lipinski definition) is 1. The molecule has 0 heterocycles. The Kier molecular flexibility index (Phi) is 4.52. The number of hydrogen-bond acceptors (Lipinski definition) is 5. The number of nitrogens with zero attached hydrogens (tertiary/aromatic N) is 1. The Morgan fingerprint density at radius 2 is 2.17 bits per heavy atom. The summed E-state index contributed by atoms with van der Waals surface area (Å²) in [4.78, 5) is 20.8. The van der Waals surface area contributed by atoms with Crippen LogP contribution in [0, 0.1) is 21.7 Å². The Bertz CT molecular complexity index is 479. The van der Waals surface area contributed by atoms with Crippen molar-refractivity contribution < 1.29 is 23.2 Å². The summed E-state index contributed by atoms with van der Waals surface area (Å²) in [5, 5.41) is 12.8. The fraction of sp³-hybridized carbons (Fsp3) is 0.300. The molecule has 18 heavy (non-hydrogen) atoms. The predicted octanol–water partition coefficient (Wildman–Crippen LogP) is 1.85. The summed E-state index contributed by atoms with van der Waals surface area (Å²) in [7, 11) is 0. The van der Waals surface area contributed by atoms with Crippen LogP contribution in [0.3, 0.4) is 0 Å². The summed E-state index contributed by atoms with van der Waals surface area (Å²) >= 11 is 0. The second kappa shape index (κ2) is 5.89. The topological polar surface area (TPSA) is 81.5 Å². The van der Waals surface area contributed by atoms with Gasteiger partial charge in [0.15, 0.2) is 17.3 Å². The van der Waals surface area contributed by atoms with Crippen LogP contribution in [0.1, 0.15) is 6.92 Å². The van der Waals surface area contributed by atoms with E-state index in [0.717, 1.165) is 6.07 Å². The third-order valence-electron chi connectivity index (χ3n) is 1.98. The third-order valence-corrected chi connectivity index (χ3v) is 1.98. The van der Waals surface area contributed by atoms with Gasteiger partial charge >= 0.3 is 5.97 Å². The Morgan fingerprint density at radius 1 is 1.50 bits per heavy atom. The van der Waals surface area contributed by atoms with Crippen molar-refractivity contribution in [3.05, 3.63) is 33.9 Å². The molecule has 0 aliphatic heterocycles. The van der Waals surface area contributed by atoms with Crippen molar-refractivity contribution in [2.24, 2.45) is 0 Å². The monoisotopic (exact) mass is 260 g/mol. The molecule has 6 nitrogen and oxygen atoms in total. The van der Waals surface area contributed by atoms with Gasteiger partial charge in [0.25, 0.3) is 5.69 Å². The molecule has 1 rings (SSSR count). The summed E-state index contributed by atoms with van der Waals surface area (Å²) < 4.78 is 30.9. The molecule has 0 atom stereocenters. The molecular formula is C10H10F2N2O4. The van der Waals surface area contributed by atoms with Crippen molar-refractivity contribution in [3.8, 4) is 0 Å². The van der Waals surface area contributed by atoms with Crippen molar-refractivity contribution in [2.45, 2.75) is 6.92 Å². The lowest BCUT2D eigenvalue weighted by atomic mass is 10.2. The van der Waals surface area contributed by atoms with E-state index in [1.54, 1.807) is 6.92 Å². The molecule has 1 aromatic rings. The van der Waals surface area contributed by atoms with E-state index in [2.05, 4.69) is 10.1 Å². The summed E-state index contributed by atoms with van der Waals surface area (Å²) in [6.45, 7) is 1.20. The number of nitrogens with one attached hydrogen (secondary N) is 1. The van der Waals surface area contributed by atoms with Crippen LogP contribution in [0.15, 0.2) is 12.1 Å². The van der Waals surface area contributed by atoms with Crippen LogP contribution in [0.25, 0.3) is 0 Å². The molecule has 98 valence electrons. The van der Waals surface area contributed by atoms with Gasteiger partial charge in [-0.3, -0.25) is 14.9 Å². The maximum atomic E-state index is 13.4. The lowest BCUT2D eigenvalue weighted by Gasteiger charge is -2.08. The van der Waals surface area contributed by atoms with Gasteiger partial charge in [0.1, 0.15) is 6.54 Å². The number of carbonyl (C=O) groups excluding carboxylic acids is 1. The molecule has 1 aromatic carbocycles. The zero-order valence-electron chi connectivity index (χ0n) is 9.41.